The molecular formula is C20H26ClN3O4. The Bertz CT molecular complexity index is 794. The van der Waals surface area contributed by atoms with Gasteiger partial charge in [-0.25, -0.2) is 0 Å². The van der Waals surface area contributed by atoms with Crippen LogP contribution in [0.3, 0.4) is 0 Å². The first-order chi connectivity index (χ1) is 13.2. The van der Waals surface area contributed by atoms with E-state index in [0.717, 1.165) is 5.56 Å². The number of carbonyl (C=O) groups is 2. The number of aromatic nitrogens is 2. The number of hydrogen-bond acceptors (Lipinski definition) is 6. The van der Waals surface area contributed by atoms with Gasteiger partial charge in [-0.2, -0.15) is 4.98 Å². The van der Waals surface area contributed by atoms with Gasteiger partial charge in [0.1, 0.15) is 0 Å². The predicted octanol–water partition coefficient (Wildman–Crippen LogP) is 3.90. The summed E-state index contributed by atoms with van der Waals surface area (Å²) in [6.07, 6.45) is -0.564. The van der Waals surface area contributed by atoms with E-state index in [-0.39, 0.29) is 30.8 Å². The van der Waals surface area contributed by atoms with Crippen molar-refractivity contribution in [3.05, 3.63) is 35.2 Å². The van der Waals surface area contributed by atoms with Gasteiger partial charge in [0.2, 0.25) is 11.7 Å². The lowest BCUT2D eigenvalue weighted by Crippen LogP contribution is -2.47. The fourth-order valence-electron chi connectivity index (χ4n) is 2.90. The van der Waals surface area contributed by atoms with Gasteiger partial charge in [0.15, 0.2) is 6.10 Å². The zero-order valence-electron chi connectivity index (χ0n) is 16.8. The SMILES string of the molecule is CC(OC(=O)CCc1nc(-c2ccc(Cl)cc2)no1)C(=O)N(C(C)C)C(C)C. The number of amides is 1. The molecule has 1 aromatic heterocycles. The minimum absolute atomic E-state index is 0.0262. The summed E-state index contributed by atoms with van der Waals surface area (Å²) >= 11 is 5.86. The molecule has 0 spiro atoms. The van der Waals surface area contributed by atoms with Crippen molar-refractivity contribution in [3.8, 4) is 11.4 Å². The van der Waals surface area contributed by atoms with Gasteiger partial charge >= 0.3 is 5.97 Å². The Morgan fingerprint density at radius 1 is 1.11 bits per heavy atom. The van der Waals surface area contributed by atoms with E-state index in [0.29, 0.717) is 16.7 Å². The molecule has 0 aliphatic rings. The van der Waals surface area contributed by atoms with Crippen molar-refractivity contribution in [1.82, 2.24) is 15.0 Å². The number of hydrogen-bond donors (Lipinski definition) is 0. The molecule has 1 atom stereocenters. The van der Waals surface area contributed by atoms with Crippen molar-refractivity contribution in [1.29, 1.82) is 0 Å². The van der Waals surface area contributed by atoms with E-state index in [1.807, 2.05) is 27.7 Å². The molecule has 2 aromatic rings. The molecular weight excluding hydrogens is 382 g/mol. The number of rotatable bonds is 8. The van der Waals surface area contributed by atoms with Gasteiger partial charge in [0.25, 0.3) is 5.91 Å². The molecule has 0 aliphatic heterocycles. The average molecular weight is 408 g/mol. The van der Waals surface area contributed by atoms with Crippen LogP contribution in [0.25, 0.3) is 11.4 Å². The molecule has 8 heteroatoms. The van der Waals surface area contributed by atoms with Crippen LogP contribution in [0.1, 0.15) is 46.9 Å². The van der Waals surface area contributed by atoms with E-state index >= 15 is 0 Å². The third kappa shape index (κ3) is 5.79. The Morgan fingerprint density at radius 3 is 2.29 bits per heavy atom. The summed E-state index contributed by atoms with van der Waals surface area (Å²) < 4.78 is 10.5. The number of esters is 1. The Morgan fingerprint density at radius 2 is 1.71 bits per heavy atom. The van der Waals surface area contributed by atoms with Gasteiger partial charge in [0.05, 0.1) is 6.42 Å². The maximum Gasteiger partial charge on any atom is 0.307 e. The first-order valence-electron chi connectivity index (χ1n) is 9.29. The molecule has 0 radical (unpaired) electrons. The summed E-state index contributed by atoms with van der Waals surface area (Å²) in [4.78, 5) is 30.6. The largest absolute Gasteiger partial charge is 0.453 e. The van der Waals surface area contributed by atoms with E-state index in [1.165, 1.54) is 0 Å². The van der Waals surface area contributed by atoms with E-state index < -0.39 is 12.1 Å². The van der Waals surface area contributed by atoms with Gasteiger partial charge in [-0.05, 0) is 58.9 Å². The van der Waals surface area contributed by atoms with Crippen LogP contribution in [0.5, 0.6) is 0 Å². The molecule has 0 N–H and O–H groups in total. The van der Waals surface area contributed by atoms with Crippen LogP contribution in [-0.4, -0.2) is 45.1 Å². The monoisotopic (exact) mass is 407 g/mol. The first-order valence-corrected chi connectivity index (χ1v) is 9.67. The molecule has 1 heterocycles. The van der Waals surface area contributed by atoms with Crippen LogP contribution in [-0.2, 0) is 20.7 Å². The smallest absolute Gasteiger partial charge is 0.307 e. The number of benzene rings is 1. The molecule has 1 unspecified atom stereocenters. The van der Waals surface area contributed by atoms with E-state index in [4.69, 9.17) is 20.9 Å². The summed E-state index contributed by atoms with van der Waals surface area (Å²) in [6, 6.07) is 7.10. The molecule has 152 valence electrons. The average Bonchev–Trinajstić information content (AvgIpc) is 3.09. The zero-order valence-corrected chi connectivity index (χ0v) is 17.6. The fourth-order valence-corrected chi connectivity index (χ4v) is 3.03. The standard InChI is InChI=1S/C20H26ClN3O4/c1-12(2)24(13(3)4)20(26)14(5)27-18(25)11-10-17-22-19(23-28-17)15-6-8-16(21)9-7-15/h6-9,12-14H,10-11H2,1-5H3. The summed E-state index contributed by atoms with van der Waals surface area (Å²) in [5.74, 6) is 0.0562. The summed E-state index contributed by atoms with van der Waals surface area (Å²) in [5, 5.41) is 4.52. The normalized spacial score (nSPS) is 12.3. The van der Waals surface area contributed by atoms with Crippen molar-refractivity contribution in [2.45, 2.75) is 65.6 Å². The Balaban J connectivity index is 1.88. The van der Waals surface area contributed by atoms with Gasteiger partial charge in [-0.3, -0.25) is 9.59 Å². The number of carbonyl (C=O) groups excluding carboxylic acids is 2. The van der Waals surface area contributed by atoms with Crippen molar-refractivity contribution in [2.24, 2.45) is 0 Å². The maximum atomic E-state index is 12.5. The number of halogens is 1. The van der Waals surface area contributed by atoms with Gasteiger partial charge in [0, 0.05) is 29.1 Å². The van der Waals surface area contributed by atoms with Crippen LogP contribution in [0, 0.1) is 0 Å². The Kier molecular flexibility index (Phi) is 7.57. The van der Waals surface area contributed by atoms with Gasteiger partial charge in [-0.15, -0.1) is 0 Å². The molecule has 7 nitrogen and oxygen atoms in total. The summed E-state index contributed by atoms with van der Waals surface area (Å²) in [7, 11) is 0. The highest BCUT2D eigenvalue weighted by molar-refractivity contribution is 6.30. The highest BCUT2D eigenvalue weighted by atomic mass is 35.5. The quantitative estimate of drug-likeness (QED) is 0.617. The molecule has 0 aliphatic carbocycles. The van der Waals surface area contributed by atoms with Crippen molar-refractivity contribution in [2.75, 3.05) is 0 Å². The topological polar surface area (TPSA) is 85.5 Å². The highest BCUT2D eigenvalue weighted by Crippen LogP contribution is 2.19. The number of nitrogens with zero attached hydrogens (tertiary/aromatic N) is 3. The number of aryl methyl sites for hydroxylation is 1. The minimum atomic E-state index is -0.843. The molecule has 0 fully saturated rings. The Labute approximate surface area is 170 Å². The van der Waals surface area contributed by atoms with Crippen LogP contribution >= 0.6 is 11.6 Å². The molecule has 2 rings (SSSR count). The van der Waals surface area contributed by atoms with E-state index in [9.17, 15) is 9.59 Å². The van der Waals surface area contributed by atoms with Crippen LogP contribution in [0.2, 0.25) is 5.02 Å². The second kappa shape index (κ2) is 9.68. The summed E-state index contributed by atoms with van der Waals surface area (Å²) in [5.41, 5.74) is 0.767. The molecule has 0 bridgehead atoms. The second-order valence-electron chi connectivity index (χ2n) is 7.08. The number of ether oxygens (including phenoxy) is 1. The summed E-state index contributed by atoms with van der Waals surface area (Å²) in [6.45, 7) is 9.31. The lowest BCUT2D eigenvalue weighted by Gasteiger charge is -2.32. The van der Waals surface area contributed by atoms with E-state index in [2.05, 4.69) is 10.1 Å². The molecule has 28 heavy (non-hydrogen) atoms. The third-order valence-corrected chi connectivity index (χ3v) is 4.39. The van der Waals surface area contributed by atoms with Crippen LogP contribution in [0.15, 0.2) is 28.8 Å². The van der Waals surface area contributed by atoms with Crippen molar-refractivity contribution >= 4 is 23.5 Å². The molecule has 0 saturated carbocycles. The predicted molar refractivity (Wildman–Crippen MR) is 106 cm³/mol. The van der Waals surface area contributed by atoms with Crippen molar-refractivity contribution < 1.29 is 18.8 Å². The maximum absolute atomic E-state index is 12.5. The fraction of sp³-hybridized carbons (Fsp3) is 0.500. The van der Waals surface area contributed by atoms with Crippen molar-refractivity contribution in [3.63, 3.8) is 0 Å². The molecule has 1 amide bonds. The van der Waals surface area contributed by atoms with Gasteiger partial charge in [-0.1, -0.05) is 16.8 Å². The van der Waals surface area contributed by atoms with E-state index in [1.54, 1.807) is 36.1 Å². The lowest BCUT2D eigenvalue weighted by molar-refractivity contribution is -0.161. The van der Waals surface area contributed by atoms with Gasteiger partial charge < -0.3 is 14.2 Å². The van der Waals surface area contributed by atoms with Crippen LogP contribution < -0.4 is 0 Å². The molecule has 0 saturated heterocycles. The first kappa shape index (κ1) is 21.9. The zero-order chi connectivity index (χ0) is 20.8. The lowest BCUT2D eigenvalue weighted by atomic mass is 10.2. The second-order valence-corrected chi connectivity index (χ2v) is 7.52. The highest BCUT2D eigenvalue weighted by Gasteiger charge is 2.27. The third-order valence-electron chi connectivity index (χ3n) is 4.14. The molecule has 1 aromatic carbocycles. The van der Waals surface area contributed by atoms with Crippen LogP contribution in [0.4, 0.5) is 0 Å². The minimum Gasteiger partial charge on any atom is -0.453 e. The Hall–Kier alpha value is -2.41.